The molecule has 0 heterocycles. The summed E-state index contributed by atoms with van der Waals surface area (Å²) >= 11 is 3.41. The van der Waals surface area contributed by atoms with Gasteiger partial charge in [-0.15, -0.1) is 0 Å². The van der Waals surface area contributed by atoms with Gasteiger partial charge in [-0.05, 0) is 25.0 Å². The van der Waals surface area contributed by atoms with Gasteiger partial charge in [-0.2, -0.15) is 0 Å². The van der Waals surface area contributed by atoms with Gasteiger partial charge in [-0.1, -0.05) is 34.1 Å². The molecule has 1 aromatic carbocycles. The van der Waals surface area contributed by atoms with Crippen molar-refractivity contribution in [1.29, 1.82) is 0 Å². The molecule has 5 nitrogen and oxygen atoms in total. The third-order valence-corrected chi connectivity index (χ3v) is 2.93. The Hall–Kier alpha value is -1.56. The molecule has 0 saturated carbocycles. The van der Waals surface area contributed by atoms with Crippen molar-refractivity contribution in [2.45, 2.75) is 19.8 Å². The number of hydrogen-bond donors (Lipinski definition) is 2. The smallest absolute Gasteiger partial charge is 0.426 e. The summed E-state index contributed by atoms with van der Waals surface area (Å²) in [6.45, 7) is 1.95. The van der Waals surface area contributed by atoms with Crippen LogP contribution >= 0.6 is 15.9 Å². The molecule has 2 N–H and O–H groups in total. The summed E-state index contributed by atoms with van der Waals surface area (Å²) in [6, 6.07) is 7.69. The number of rotatable bonds is 4. The summed E-state index contributed by atoms with van der Waals surface area (Å²) in [7, 11) is 0. The number of carbonyl (C=O) groups is 2. The molecule has 0 unspecified atom stereocenters. The van der Waals surface area contributed by atoms with E-state index in [9.17, 15) is 9.59 Å². The molecule has 0 aliphatic carbocycles. The number of nitrogens with one attached hydrogen (secondary N) is 2. The number of aryl methyl sites for hydroxylation is 1. The van der Waals surface area contributed by atoms with Crippen LogP contribution in [0.15, 0.2) is 28.7 Å². The fourth-order valence-electron chi connectivity index (χ4n) is 1.30. The molecule has 0 aliphatic rings. The Morgan fingerprint density at radius 1 is 1.28 bits per heavy atom. The largest absolute Gasteiger partial charge is 0.449 e. The Labute approximate surface area is 114 Å². The number of benzene rings is 1. The molecule has 18 heavy (non-hydrogen) atoms. The number of amides is 2. The van der Waals surface area contributed by atoms with Gasteiger partial charge >= 0.3 is 6.09 Å². The van der Waals surface area contributed by atoms with Crippen LogP contribution in [-0.2, 0) is 16.0 Å². The lowest BCUT2D eigenvalue weighted by Gasteiger charge is -2.07. The number of ether oxygens (including phenoxy) is 1. The lowest BCUT2D eigenvalue weighted by Crippen LogP contribution is -2.42. The standard InChI is InChI=1S/C12H15BrN2O3/c1-2-18-12(17)15-14-11(16)8-7-9-5-3-4-6-10(9)13/h3-6H,2,7-8H2,1H3,(H,14,16)(H,15,17). The summed E-state index contributed by atoms with van der Waals surface area (Å²) in [6.07, 6.45) is 0.221. The first-order valence-corrected chi connectivity index (χ1v) is 6.37. The third-order valence-electron chi connectivity index (χ3n) is 2.16. The second-order valence-electron chi connectivity index (χ2n) is 3.49. The zero-order valence-electron chi connectivity index (χ0n) is 10.0. The minimum absolute atomic E-state index is 0.263. The number of carbonyl (C=O) groups excluding carboxylic acids is 2. The van der Waals surface area contributed by atoms with Crippen molar-refractivity contribution in [3.05, 3.63) is 34.3 Å². The predicted octanol–water partition coefficient (Wildman–Crippen LogP) is 2.16. The summed E-state index contributed by atoms with van der Waals surface area (Å²) in [5.41, 5.74) is 5.49. The van der Waals surface area contributed by atoms with Gasteiger partial charge in [0.15, 0.2) is 0 Å². The molecule has 0 spiro atoms. The lowest BCUT2D eigenvalue weighted by molar-refractivity contribution is -0.121. The van der Waals surface area contributed by atoms with Crippen LogP contribution in [0, 0.1) is 0 Å². The lowest BCUT2D eigenvalue weighted by atomic mass is 10.1. The van der Waals surface area contributed by atoms with Crippen LogP contribution in [-0.4, -0.2) is 18.6 Å². The number of hydrazine groups is 1. The zero-order chi connectivity index (χ0) is 13.4. The van der Waals surface area contributed by atoms with Crippen molar-refractivity contribution in [3.8, 4) is 0 Å². The molecule has 2 amide bonds. The van der Waals surface area contributed by atoms with Gasteiger partial charge in [-0.3, -0.25) is 10.2 Å². The molecule has 0 saturated heterocycles. The molecule has 1 aromatic rings. The quantitative estimate of drug-likeness (QED) is 0.837. The van der Waals surface area contributed by atoms with E-state index >= 15 is 0 Å². The van der Waals surface area contributed by atoms with Crippen LogP contribution in [0.25, 0.3) is 0 Å². The van der Waals surface area contributed by atoms with Gasteiger partial charge in [-0.25, -0.2) is 10.2 Å². The summed E-state index contributed by atoms with van der Waals surface area (Å²) in [5.74, 6) is -0.265. The maximum atomic E-state index is 11.4. The van der Waals surface area contributed by atoms with Crippen molar-refractivity contribution in [2.24, 2.45) is 0 Å². The minimum Gasteiger partial charge on any atom is -0.449 e. The van der Waals surface area contributed by atoms with Crippen LogP contribution in [0.1, 0.15) is 18.9 Å². The van der Waals surface area contributed by atoms with E-state index in [0.717, 1.165) is 10.0 Å². The molecule has 1 rings (SSSR count). The van der Waals surface area contributed by atoms with E-state index in [4.69, 9.17) is 0 Å². The number of halogens is 1. The summed E-state index contributed by atoms with van der Waals surface area (Å²) in [4.78, 5) is 22.4. The van der Waals surface area contributed by atoms with E-state index in [1.807, 2.05) is 24.3 Å². The highest BCUT2D eigenvalue weighted by Crippen LogP contribution is 2.17. The molecule has 0 aliphatic heterocycles. The van der Waals surface area contributed by atoms with Crippen molar-refractivity contribution < 1.29 is 14.3 Å². The van der Waals surface area contributed by atoms with E-state index in [1.54, 1.807) is 6.92 Å². The van der Waals surface area contributed by atoms with Gasteiger partial charge in [0.05, 0.1) is 6.61 Å². The van der Waals surface area contributed by atoms with Gasteiger partial charge in [0.2, 0.25) is 5.91 Å². The molecule has 0 fully saturated rings. The van der Waals surface area contributed by atoms with E-state index in [0.29, 0.717) is 6.42 Å². The fourth-order valence-corrected chi connectivity index (χ4v) is 1.78. The summed E-state index contributed by atoms with van der Waals surface area (Å²) < 4.78 is 5.57. The maximum Gasteiger partial charge on any atom is 0.426 e. The SMILES string of the molecule is CCOC(=O)NNC(=O)CCc1ccccc1Br. The van der Waals surface area contributed by atoms with Crippen LogP contribution < -0.4 is 10.9 Å². The highest BCUT2D eigenvalue weighted by atomic mass is 79.9. The van der Waals surface area contributed by atoms with Gasteiger partial charge < -0.3 is 4.74 Å². The fraction of sp³-hybridized carbons (Fsp3) is 0.333. The first-order chi connectivity index (χ1) is 8.63. The summed E-state index contributed by atoms with van der Waals surface area (Å²) in [5, 5.41) is 0. The molecule has 0 radical (unpaired) electrons. The maximum absolute atomic E-state index is 11.4. The molecule has 98 valence electrons. The zero-order valence-corrected chi connectivity index (χ0v) is 11.6. The minimum atomic E-state index is -0.660. The molecule has 0 aromatic heterocycles. The van der Waals surface area contributed by atoms with Gasteiger partial charge in [0, 0.05) is 10.9 Å². The van der Waals surface area contributed by atoms with Gasteiger partial charge in [0.1, 0.15) is 0 Å². The van der Waals surface area contributed by atoms with Crippen LogP contribution in [0.5, 0.6) is 0 Å². The monoisotopic (exact) mass is 314 g/mol. The Bertz CT molecular complexity index is 424. The highest BCUT2D eigenvalue weighted by molar-refractivity contribution is 9.10. The van der Waals surface area contributed by atoms with E-state index in [1.165, 1.54) is 0 Å². The van der Waals surface area contributed by atoms with Crippen molar-refractivity contribution in [1.82, 2.24) is 10.9 Å². The molecule has 0 atom stereocenters. The molecular formula is C12H15BrN2O3. The van der Waals surface area contributed by atoms with E-state index < -0.39 is 6.09 Å². The second-order valence-corrected chi connectivity index (χ2v) is 4.34. The molecular weight excluding hydrogens is 300 g/mol. The van der Waals surface area contributed by atoms with E-state index in [2.05, 4.69) is 31.5 Å². The normalized spacial score (nSPS) is 9.67. The first kappa shape index (κ1) is 14.5. The highest BCUT2D eigenvalue weighted by Gasteiger charge is 2.06. The van der Waals surface area contributed by atoms with E-state index in [-0.39, 0.29) is 18.9 Å². The molecule has 6 heteroatoms. The Balaban J connectivity index is 2.29. The van der Waals surface area contributed by atoms with Crippen LogP contribution in [0.3, 0.4) is 0 Å². The topological polar surface area (TPSA) is 67.4 Å². The van der Waals surface area contributed by atoms with Crippen molar-refractivity contribution in [3.63, 3.8) is 0 Å². The first-order valence-electron chi connectivity index (χ1n) is 5.58. The average Bonchev–Trinajstić information content (AvgIpc) is 2.36. The van der Waals surface area contributed by atoms with Crippen LogP contribution in [0.4, 0.5) is 4.79 Å². The predicted molar refractivity (Wildman–Crippen MR) is 70.8 cm³/mol. The number of hydrogen-bond acceptors (Lipinski definition) is 3. The average molecular weight is 315 g/mol. The molecule has 0 bridgehead atoms. The second kappa shape index (κ2) is 7.71. The third kappa shape index (κ3) is 5.18. The van der Waals surface area contributed by atoms with Crippen molar-refractivity contribution in [2.75, 3.05) is 6.61 Å². The Morgan fingerprint density at radius 3 is 2.67 bits per heavy atom. The van der Waals surface area contributed by atoms with Crippen LogP contribution in [0.2, 0.25) is 0 Å². The Morgan fingerprint density at radius 2 is 2.00 bits per heavy atom. The van der Waals surface area contributed by atoms with Crippen molar-refractivity contribution >= 4 is 27.9 Å². The Kier molecular flexibility index (Phi) is 6.21. The van der Waals surface area contributed by atoms with Gasteiger partial charge in [0.25, 0.3) is 0 Å².